The number of rotatable bonds is 3. The van der Waals surface area contributed by atoms with Crippen LogP contribution in [0.5, 0.6) is 0 Å². The quantitative estimate of drug-likeness (QED) is 0.850. The maximum Gasteiger partial charge on any atom is 0.229 e. The molecule has 0 aliphatic carbocycles. The number of nitrogens with zero attached hydrogens (tertiary/aromatic N) is 3. The van der Waals surface area contributed by atoms with Crippen LogP contribution < -0.4 is 0 Å². The maximum absolute atomic E-state index is 5.18. The molecule has 1 N–H and O–H groups in total. The second-order valence-electron chi connectivity index (χ2n) is 4.16. The molecule has 0 saturated heterocycles. The molecule has 2 heterocycles. The Morgan fingerprint density at radius 3 is 2.71 bits per heavy atom. The molecule has 17 heavy (non-hydrogen) atoms. The Morgan fingerprint density at radius 2 is 2.12 bits per heavy atom. The molecule has 0 aliphatic heterocycles. The molecule has 2 aromatic heterocycles. The van der Waals surface area contributed by atoms with Gasteiger partial charge in [0, 0.05) is 11.4 Å². The number of nitrogens with one attached hydrogen (secondary N) is 1. The van der Waals surface area contributed by atoms with E-state index in [-0.39, 0.29) is 0 Å². The number of aromatic nitrogens is 4. The Hall–Kier alpha value is -1.49. The topological polar surface area (TPSA) is 46.5 Å². The van der Waals surface area contributed by atoms with Crippen LogP contribution >= 0.6 is 12.2 Å². The highest BCUT2D eigenvalue weighted by Crippen LogP contribution is 2.09. The molecule has 0 aliphatic rings. The zero-order valence-corrected chi connectivity index (χ0v) is 11.1. The van der Waals surface area contributed by atoms with E-state index in [0.29, 0.717) is 10.6 Å². The summed E-state index contributed by atoms with van der Waals surface area (Å²) in [4.78, 5) is 7.60. The predicted octanol–water partition coefficient (Wildman–Crippen LogP) is 2.89. The van der Waals surface area contributed by atoms with Crippen molar-refractivity contribution < 1.29 is 0 Å². The first-order valence-electron chi connectivity index (χ1n) is 5.74. The first-order chi connectivity index (χ1) is 8.10. The van der Waals surface area contributed by atoms with Gasteiger partial charge in [-0.05, 0) is 32.4 Å². The first-order valence-corrected chi connectivity index (χ1v) is 6.15. The Kier molecular flexibility index (Phi) is 3.38. The van der Waals surface area contributed by atoms with E-state index in [1.165, 1.54) is 0 Å². The average Bonchev–Trinajstić information content (AvgIpc) is 2.57. The maximum atomic E-state index is 5.18. The molecule has 0 aromatic carbocycles. The van der Waals surface area contributed by atoms with Gasteiger partial charge in [-0.1, -0.05) is 25.6 Å². The summed E-state index contributed by atoms with van der Waals surface area (Å²) in [6, 6.07) is 3.93. The molecule has 0 fully saturated rings. The second kappa shape index (κ2) is 4.79. The van der Waals surface area contributed by atoms with Crippen LogP contribution in [0, 0.1) is 18.5 Å². The van der Waals surface area contributed by atoms with Gasteiger partial charge in [-0.2, -0.15) is 5.10 Å². The summed E-state index contributed by atoms with van der Waals surface area (Å²) < 4.78 is 2.40. The second-order valence-corrected chi connectivity index (χ2v) is 4.58. The van der Waals surface area contributed by atoms with Gasteiger partial charge in [0.05, 0.1) is 5.69 Å². The predicted molar refractivity (Wildman–Crippen MR) is 70.0 cm³/mol. The lowest BCUT2D eigenvalue weighted by Gasteiger charge is -2.06. The lowest BCUT2D eigenvalue weighted by molar-refractivity contribution is 0.752. The van der Waals surface area contributed by atoms with Crippen LogP contribution in [0.15, 0.2) is 12.1 Å². The van der Waals surface area contributed by atoms with Crippen molar-refractivity contribution in [2.24, 2.45) is 0 Å². The van der Waals surface area contributed by atoms with Crippen molar-refractivity contribution in [3.63, 3.8) is 0 Å². The third-order valence-electron chi connectivity index (χ3n) is 2.52. The zero-order chi connectivity index (χ0) is 12.4. The summed E-state index contributed by atoms with van der Waals surface area (Å²) in [7, 11) is 0. The molecule has 0 bridgehead atoms. The fraction of sp³-hybridized carbons (Fsp3) is 0.417. The minimum Gasteiger partial charge on any atom is -0.328 e. The number of H-pyrrole nitrogens is 1. The lowest BCUT2D eigenvalue weighted by Crippen LogP contribution is -2.07. The normalized spacial score (nSPS) is 10.8. The molecule has 4 nitrogen and oxygen atoms in total. The largest absolute Gasteiger partial charge is 0.328 e. The highest BCUT2D eigenvalue weighted by molar-refractivity contribution is 7.71. The van der Waals surface area contributed by atoms with Gasteiger partial charge >= 0.3 is 0 Å². The van der Waals surface area contributed by atoms with Crippen molar-refractivity contribution in [2.75, 3.05) is 0 Å². The highest BCUT2D eigenvalue weighted by Gasteiger charge is 2.06. The van der Waals surface area contributed by atoms with Gasteiger partial charge in [-0.3, -0.25) is 0 Å². The van der Waals surface area contributed by atoms with Crippen molar-refractivity contribution in [3.8, 4) is 5.95 Å². The van der Waals surface area contributed by atoms with Gasteiger partial charge in [0.15, 0.2) is 0 Å². The first kappa shape index (κ1) is 12.0. The fourth-order valence-corrected chi connectivity index (χ4v) is 2.07. The van der Waals surface area contributed by atoms with Gasteiger partial charge < -0.3 is 4.98 Å². The SMILES string of the molecule is CCCc1cc(=S)nc(-n2nc(C)cc2C)[nH]1. The van der Waals surface area contributed by atoms with Crippen LogP contribution in [-0.4, -0.2) is 19.7 Å². The zero-order valence-electron chi connectivity index (χ0n) is 10.3. The third-order valence-corrected chi connectivity index (χ3v) is 2.72. The van der Waals surface area contributed by atoms with E-state index in [0.717, 1.165) is 29.9 Å². The number of hydrogen-bond acceptors (Lipinski definition) is 3. The molecule has 5 heteroatoms. The molecular weight excluding hydrogens is 232 g/mol. The van der Waals surface area contributed by atoms with Crippen molar-refractivity contribution in [1.82, 2.24) is 19.7 Å². The molecule has 90 valence electrons. The molecule has 2 rings (SSSR count). The smallest absolute Gasteiger partial charge is 0.229 e. The molecular formula is C12H16N4S. The monoisotopic (exact) mass is 248 g/mol. The molecule has 0 radical (unpaired) electrons. The third kappa shape index (κ3) is 2.61. The highest BCUT2D eigenvalue weighted by atomic mass is 32.1. The van der Waals surface area contributed by atoms with Crippen LogP contribution in [0.4, 0.5) is 0 Å². The van der Waals surface area contributed by atoms with E-state index in [1.54, 1.807) is 4.68 Å². The van der Waals surface area contributed by atoms with E-state index in [1.807, 2.05) is 26.0 Å². The Bertz CT molecular complexity index is 582. The molecule has 2 aromatic rings. The molecule has 0 atom stereocenters. The van der Waals surface area contributed by atoms with Crippen molar-refractivity contribution in [2.45, 2.75) is 33.6 Å². The molecule has 0 unspecified atom stereocenters. The Morgan fingerprint density at radius 1 is 1.35 bits per heavy atom. The standard InChI is InChI=1S/C12H16N4S/c1-4-5-10-7-11(17)14-12(13-10)16-9(3)6-8(2)15-16/h6-7H,4-5H2,1-3H3,(H,13,14,17). The fourth-order valence-electron chi connectivity index (χ4n) is 1.84. The average molecular weight is 248 g/mol. The van der Waals surface area contributed by atoms with E-state index >= 15 is 0 Å². The van der Waals surface area contributed by atoms with Gasteiger partial charge in [0.25, 0.3) is 0 Å². The summed E-state index contributed by atoms with van der Waals surface area (Å²) in [5, 5.41) is 4.40. The molecule has 0 spiro atoms. The molecule has 0 saturated carbocycles. The summed E-state index contributed by atoms with van der Waals surface area (Å²) in [6.45, 7) is 6.11. The summed E-state index contributed by atoms with van der Waals surface area (Å²) in [5.74, 6) is 0.701. The summed E-state index contributed by atoms with van der Waals surface area (Å²) in [5.41, 5.74) is 3.13. The lowest BCUT2D eigenvalue weighted by atomic mass is 10.2. The van der Waals surface area contributed by atoms with Crippen molar-refractivity contribution >= 4 is 12.2 Å². The van der Waals surface area contributed by atoms with Crippen LogP contribution in [0.25, 0.3) is 5.95 Å². The van der Waals surface area contributed by atoms with E-state index in [9.17, 15) is 0 Å². The summed E-state index contributed by atoms with van der Waals surface area (Å²) in [6.07, 6.45) is 2.05. The number of aryl methyl sites for hydroxylation is 3. The van der Waals surface area contributed by atoms with E-state index < -0.39 is 0 Å². The van der Waals surface area contributed by atoms with Gasteiger partial charge in [-0.15, -0.1) is 0 Å². The number of hydrogen-bond donors (Lipinski definition) is 1. The minimum atomic E-state index is 0.606. The van der Waals surface area contributed by atoms with Crippen LogP contribution in [0.1, 0.15) is 30.4 Å². The Labute approximate surface area is 106 Å². The Balaban J connectivity index is 2.51. The van der Waals surface area contributed by atoms with Crippen LogP contribution in [0.2, 0.25) is 0 Å². The molecule has 0 amide bonds. The number of aromatic amines is 1. The van der Waals surface area contributed by atoms with Gasteiger partial charge in [0.2, 0.25) is 5.95 Å². The van der Waals surface area contributed by atoms with Gasteiger partial charge in [-0.25, -0.2) is 9.67 Å². The van der Waals surface area contributed by atoms with E-state index in [2.05, 4.69) is 22.0 Å². The van der Waals surface area contributed by atoms with Crippen LogP contribution in [0.3, 0.4) is 0 Å². The van der Waals surface area contributed by atoms with Gasteiger partial charge in [0.1, 0.15) is 4.64 Å². The van der Waals surface area contributed by atoms with E-state index in [4.69, 9.17) is 12.2 Å². The van der Waals surface area contributed by atoms with Crippen molar-refractivity contribution in [1.29, 1.82) is 0 Å². The van der Waals surface area contributed by atoms with Crippen molar-refractivity contribution in [3.05, 3.63) is 33.9 Å². The van der Waals surface area contributed by atoms with Crippen LogP contribution in [-0.2, 0) is 6.42 Å². The summed E-state index contributed by atoms with van der Waals surface area (Å²) >= 11 is 5.18. The minimum absolute atomic E-state index is 0.606.